The van der Waals surface area contributed by atoms with E-state index in [0.29, 0.717) is 13.2 Å². The summed E-state index contributed by atoms with van der Waals surface area (Å²) in [6, 6.07) is 15.3. The zero-order valence-corrected chi connectivity index (χ0v) is 15.7. The molecule has 0 unspecified atom stereocenters. The lowest BCUT2D eigenvalue weighted by Crippen LogP contribution is -2.36. The monoisotopic (exact) mass is 410 g/mol. The third-order valence-corrected chi connectivity index (χ3v) is 4.23. The summed E-state index contributed by atoms with van der Waals surface area (Å²) in [4.78, 5) is 0. The smallest absolute Gasteiger partial charge is 0.118 e. The number of halogens is 1. The van der Waals surface area contributed by atoms with Crippen LogP contribution in [-0.4, -0.2) is 42.7 Å². The number of hydrogen-bond acceptors (Lipinski definition) is 5. The Kier molecular flexibility index (Phi) is 8.37. The third-order valence-electron chi connectivity index (χ3n) is 3.70. The molecule has 6 heteroatoms. The molecule has 0 saturated carbocycles. The van der Waals surface area contributed by atoms with Crippen molar-refractivity contribution in [3.05, 3.63) is 64.1 Å². The van der Waals surface area contributed by atoms with Gasteiger partial charge in [-0.1, -0.05) is 40.2 Å². The van der Waals surface area contributed by atoms with Crippen LogP contribution in [0.3, 0.4) is 0 Å². The van der Waals surface area contributed by atoms with Gasteiger partial charge in [-0.05, 0) is 35.4 Å². The number of benzene rings is 2. The summed E-state index contributed by atoms with van der Waals surface area (Å²) in [7, 11) is 1.62. The van der Waals surface area contributed by atoms with Crippen LogP contribution in [0, 0.1) is 0 Å². The molecule has 136 valence electrons. The van der Waals surface area contributed by atoms with Gasteiger partial charge in [0.15, 0.2) is 0 Å². The fourth-order valence-corrected chi connectivity index (χ4v) is 2.45. The Morgan fingerprint density at radius 2 is 1.56 bits per heavy atom. The maximum absolute atomic E-state index is 9.93. The second-order valence-electron chi connectivity index (χ2n) is 5.59. The van der Waals surface area contributed by atoms with E-state index in [2.05, 4.69) is 15.9 Å². The van der Waals surface area contributed by atoms with Gasteiger partial charge in [0.05, 0.1) is 33.5 Å². The normalized spacial score (nSPS) is 13.4. The predicted molar refractivity (Wildman–Crippen MR) is 98.5 cm³/mol. The Hall–Kier alpha value is -1.44. The lowest BCUT2D eigenvalue weighted by Gasteiger charge is -2.22. The van der Waals surface area contributed by atoms with E-state index in [-0.39, 0.29) is 13.2 Å². The molecule has 2 aromatic carbocycles. The molecule has 0 fully saturated rings. The molecule has 0 aliphatic rings. The van der Waals surface area contributed by atoms with Crippen molar-refractivity contribution in [1.82, 2.24) is 0 Å². The van der Waals surface area contributed by atoms with Crippen LogP contribution in [0.1, 0.15) is 11.1 Å². The predicted octanol–water partition coefficient (Wildman–Crippen LogP) is 2.91. The van der Waals surface area contributed by atoms with Crippen LogP contribution >= 0.6 is 15.9 Å². The molecule has 0 aromatic heterocycles. The van der Waals surface area contributed by atoms with Crippen LogP contribution in [0.4, 0.5) is 0 Å². The third kappa shape index (κ3) is 6.76. The molecule has 0 radical (unpaired) electrons. The van der Waals surface area contributed by atoms with Gasteiger partial charge in [0.25, 0.3) is 0 Å². The van der Waals surface area contributed by atoms with Crippen molar-refractivity contribution in [1.29, 1.82) is 0 Å². The van der Waals surface area contributed by atoms with Crippen LogP contribution < -0.4 is 4.74 Å². The van der Waals surface area contributed by atoms with Crippen molar-refractivity contribution in [2.45, 2.75) is 25.4 Å². The van der Waals surface area contributed by atoms with Gasteiger partial charge in [0.1, 0.15) is 18.0 Å². The summed E-state index contributed by atoms with van der Waals surface area (Å²) in [5.41, 5.74) is 1.97. The average Bonchev–Trinajstić information content (AvgIpc) is 2.65. The van der Waals surface area contributed by atoms with E-state index in [1.807, 2.05) is 48.5 Å². The molecule has 5 nitrogen and oxygen atoms in total. The van der Waals surface area contributed by atoms with Crippen LogP contribution in [0.2, 0.25) is 0 Å². The zero-order valence-electron chi connectivity index (χ0n) is 14.1. The van der Waals surface area contributed by atoms with Gasteiger partial charge in [0.2, 0.25) is 0 Å². The molecule has 2 rings (SSSR count). The van der Waals surface area contributed by atoms with Gasteiger partial charge < -0.3 is 24.4 Å². The Balaban J connectivity index is 1.83. The molecule has 25 heavy (non-hydrogen) atoms. The van der Waals surface area contributed by atoms with E-state index < -0.39 is 12.2 Å². The van der Waals surface area contributed by atoms with E-state index in [9.17, 15) is 10.2 Å². The maximum Gasteiger partial charge on any atom is 0.118 e. The van der Waals surface area contributed by atoms with E-state index >= 15 is 0 Å². The SMILES string of the molecule is COc1ccc(COC[C@H](OCc2ccc(Br)cc2)[C@H](O)CO)cc1. The summed E-state index contributed by atoms with van der Waals surface area (Å²) in [6.45, 7) is 0.530. The summed E-state index contributed by atoms with van der Waals surface area (Å²) < 4.78 is 17.5. The minimum absolute atomic E-state index is 0.185. The largest absolute Gasteiger partial charge is 0.497 e. The van der Waals surface area contributed by atoms with Gasteiger partial charge in [-0.25, -0.2) is 0 Å². The first kappa shape index (κ1) is 19.9. The van der Waals surface area contributed by atoms with Crippen LogP contribution in [-0.2, 0) is 22.7 Å². The van der Waals surface area contributed by atoms with Gasteiger partial charge in [-0.3, -0.25) is 0 Å². The summed E-state index contributed by atoms with van der Waals surface area (Å²) in [5.74, 6) is 0.787. The standard InChI is InChI=1S/C19H23BrO5/c1-23-17-8-4-14(5-9-17)11-24-13-19(18(22)10-21)25-12-15-2-6-16(20)7-3-15/h2-9,18-19,21-22H,10-13H2,1H3/t18-,19+/m1/s1. The summed E-state index contributed by atoms with van der Waals surface area (Å²) >= 11 is 3.38. The molecule has 0 aliphatic heterocycles. The van der Waals surface area contributed by atoms with Gasteiger partial charge in [0, 0.05) is 4.47 Å². The number of methoxy groups -OCH3 is 1. The Morgan fingerprint density at radius 3 is 2.16 bits per heavy atom. The fourth-order valence-electron chi connectivity index (χ4n) is 2.19. The average molecular weight is 411 g/mol. The van der Waals surface area contributed by atoms with Crippen molar-refractivity contribution < 1.29 is 24.4 Å². The second kappa shape index (κ2) is 10.5. The number of aliphatic hydroxyl groups excluding tert-OH is 2. The molecule has 2 aromatic rings. The minimum Gasteiger partial charge on any atom is -0.497 e. The first-order valence-corrected chi connectivity index (χ1v) is 8.77. The summed E-state index contributed by atoms with van der Waals surface area (Å²) in [5, 5.41) is 19.1. The van der Waals surface area contributed by atoms with Crippen LogP contribution in [0.5, 0.6) is 5.75 Å². The van der Waals surface area contributed by atoms with Gasteiger partial charge in [-0.15, -0.1) is 0 Å². The Labute approximate surface area is 156 Å². The molecule has 0 aliphatic carbocycles. The van der Waals surface area contributed by atoms with Crippen LogP contribution in [0.25, 0.3) is 0 Å². The van der Waals surface area contributed by atoms with Crippen molar-refractivity contribution in [2.24, 2.45) is 0 Å². The highest BCUT2D eigenvalue weighted by atomic mass is 79.9. The zero-order chi connectivity index (χ0) is 18.1. The van der Waals surface area contributed by atoms with Crippen LogP contribution in [0.15, 0.2) is 53.0 Å². The van der Waals surface area contributed by atoms with E-state index in [0.717, 1.165) is 21.3 Å². The molecule has 0 heterocycles. The number of rotatable bonds is 10. The lowest BCUT2D eigenvalue weighted by atomic mass is 10.2. The van der Waals surface area contributed by atoms with Crippen molar-refractivity contribution in [3.8, 4) is 5.75 Å². The summed E-state index contributed by atoms with van der Waals surface area (Å²) in [6.07, 6.45) is -1.60. The Morgan fingerprint density at radius 1 is 0.960 bits per heavy atom. The van der Waals surface area contributed by atoms with E-state index in [4.69, 9.17) is 14.2 Å². The number of aliphatic hydroxyl groups is 2. The topological polar surface area (TPSA) is 68.2 Å². The van der Waals surface area contributed by atoms with Crippen molar-refractivity contribution in [3.63, 3.8) is 0 Å². The first-order chi connectivity index (χ1) is 12.1. The highest BCUT2D eigenvalue weighted by Gasteiger charge is 2.19. The van der Waals surface area contributed by atoms with Crippen molar-refractivity contribution in [2.75, 3.05) is 20.3 Å². The molecular formula is C19H23BrO5. The molecule has 0 bridgehead atoms. The van der Waals surface area contributed by atoms with Gasteiger partial charge in [-0.2, -0.15) is 0 Å². The second-order valence-corrected chi connectivity index (χ2v) is 6.50. The van der Waals surface area contributed by atoms with Crippen molar-refractivity contribution >= 4 is 15.9 Å². The Bertz CT molecular complexity index is 615. The maximum atomic E-state index is 9.93. The minimum atomic E-state index is -0.994. The lowest BCUT2D eigenvalue weighted by molar-refractivity contribution is -0.102. The highest BCUT2D eigenvalue weighted by Crippen LogP contribution is 2.14. The van der Waals surface area contributed by atoms with Gasteiger partial charge >= 0.3 is 0 Å². The van der Waals surface area contributed by atoms with E-state index in [1.165, 1.54) is 0 Å². The first-order valence-electron chi connectivity index (χ1n) is 7.98. The molecule has 0 saturated heterocycles. The molecule has 2 N–H and O–H groups in total. The number of hydrogen-bond donors (Lipinski definition) is 2. The fraction of sp³-hybridized carbons (Fsp3) is 0.368. The molecule has 0 amide bonds. The highest BCUT2D eigenvalue weighted by molar-refractivity contribution is 9.10. The quantitative estimate of drug-likeness (QED) is 0.630. The molecular weight excluding hydrogens is 388 g/mol. The molecule has 0 spiro atoms. The molecule has 2 atom stereocenters. The number of ether oxygens (including phenoxy) is 3. The van der Waals surface area contributed by atoms with E-state index in [1.54, 1.807) is 7.11 Å².